The van der Waals surface area contributed by atoms with Crippen LogP contribution in [0.5, 0.6) is 0 Å². The first-order valence-corrected chi connectivity index (χ1v) is 20.3. The van der Waals surface area contributed by atoms with Crippen LogP contribution >= 0.6 is 24.8 Å². The van der Waals surface area contributed by atoms with E-state index in [1.807, 2.05) is 0 Å². The zero-order chi connectivity index (χ0) is 32.2. The summed E-state index contributed by atoms with van der Waals surface area (Å²) in [5.74, 6) is 1.13. The molecule has 4 heteroatoms. The first-order chi connectivity index (χ1) is 22.4. The van der Waals surface area contributed by atoms with Gasteiger partial charge in [-0.1, -0.05) is 124 Å². The first kappa shape index (κ1) is 42.9. The SMILES string of the molecule is CC(C)c1cc2c(-c3ccc4ccccc4c3)cccc2[cH-]1.CC(C)c1cc2c(-c3ccc4ccccc4c3)cccc2[cH-]1.Cl.Cl.[CH3-].[CH3-].[Si]=[Zr]. The van der Waals surface area contributed by atoms with Gasteiger partial charge in [0.2, 0.25) is 0 Å². The van der Waals surface area contributed by atoms with Gasteiger partial charge in [0.25, 0.3) is 0 Å². The van der Waals surface area contributed by atoms with Gasteiger partial charge in [0.05, 0.1) is 0 Å². The monoisotopic (exact) mass is 786 g/mol. The van der Waals surface area contributed by atoms with Gasteiger partial charge in [-0.2, -0.15) is 12.1 Å². The Morgan fingerprint density at radius 2 is 0.800 bits per heavy atom. The molecule has 50 heavy (non-hydrogen) atoms. The Balaban J connectivity index is 0.000000307. The second-order valence-corrected chi connectivity index (χ2v) is 12.6. The van der Waals surface area contributed by atoms with Crippen molar-refractivity contribution in [3.63, 3.8) is 0 Å². The minimum absolute atomic E-state index is 0. The topological polar surface area (TPSA) is 0 Å². The summed E-state index contributed by atoms with van der Waals surface area (Å²) in [5, 5.41) is 10.6. The van der Waals surface area contributed by atoms with E-state index in [1.54, 1.807) is 0 Å². The van der Waals surface area contributed by atoms with E-state index in [-0.39, 0.29) is 39.7 Å². The molecule has 0 heterocycles. The molecule has 0 amide bonds. The van der Waals surface area contributed by atoms with Gasteiger partial charge in [0, 0.05) is 0 Å². The van der Waals surface area contributed by atoms with Crippen molar-refractivity contribution in [2.45, 2.75) is 39.5 Å². The van der Waals surface area contributed by atoms with Gasteiger partial charge < -0.3 is 14.9 Å². The van der Waals surface area contributed by atoms with Crippen molar-refractivity contribution in [2.75, 3.05) is 0 Å². The summed E-state index contributed by atoms with van der Waals surface area (Å²) in [6.07, 6.45) is 0. The molecule has 8 aromatic rings. The third-order valence-corrected chi connectivity index (χ3v) is 9.00. The van der Waals surface area contributed by atoms with Crippen LogP contribution in [-0.2, 0) is 23.3 Å². The zero-order valence-corrected chi connectivity index (χ0v) is 34.9. The Morgan fingerprint density at radius 1 is 0.440 bits per heavy atom. The van der Waals surface area contributed by atoms with Gasteiger partial charge in [0.15, 0.2) is 0 Å². The van der Waals surface area contributed by atoms with Gasteiger partial charge in [-0.15, -0.1) is 93.9 Å². The second-order valence-electron chi connectivity index (χ2n) is 12.6. The average molecular weight is 789 g/mol. The molecule has 0 saturated carbocycles. The maximum atomic E-state index is 3.06. The normalized spacial score (nSPS) is 10.3. The Hall–Kier alpha value is -3.26. The molecule has 0 N–H and O–H groups in total. The molecule has 0 unspecified atom stereocenters. The van der Waals surface area contributed by atoms with Crippen LogP contribution in [0.2, 0.25) is 0 Å². The third kappa shape index (κ3) is 9.15. The number of hydrogen-bond donors (Lipinski definition) is 0. The predicted octanol–water partition coefficient (Wildman–Crippen LogP) is 14.4. The van der Waals surface area contributed by atoms with E-state index in [0.29, 0.717) is 11.8 Å². The summed E-state index contributed by atoms with van der Waals surface area (Å²) >= 11 is 1.36. The first-order valence-electron chi connectivity index (χ1n) is 16.1. The van der Waals surface area contributed by atoms with Crippen molar-refractivity contribution in [1.29, 1.82) is 0 Å². The summed E-state index contributed by atoms with van der Waals surface area (Å²) < 4.78 is 0. The van der Waals surface area contributed by atoms with E-state index in [9.17, 15) is 0 Å². The zero-order valence-electron chi connectivity index (χ0n) is 29.8. The van der Waals surface area contributed by atoms with Gasteiger partial charge in [0.1, 0.15) is 0 Å². The molecule has 2 radical (unpaired) electrons. The van der Waals surface area contributed by atoms with Crippen molar-refractivity contribution in [3.05, 3.63) is 172 Å². The van der Waals surface area contributed by atoms with E-state index in [2.05, 4.69) is 180 Å². The molecule has 0 spiro atoms. The van der Waals surface area contributed by atoms with Crippen LogP contribution < -0.4 is 0 Å². The average Bonchev–Trinajstić information content (AvgIpc) is 3.75. The van der Waals surface area contributed by atoms with Crippen LogP contribution in [-0.4, -0.2) is 6.88 Å². The third-order valence-electron chi connectivity index (χ3n) is 9.00. The van der Waals surface area contributed by atoms with Crippen molar-refractivity contribution in [2.24, 2.45) is 0 Å². The molecule has 8 aromatic carbocycles. The Morgan fingerprint density at radius 3 is 1.16 bits per heavy atom. The molecule has 0 nitrogen and oxygen atoms in total. The van der Waals surface area contributed by atoms with Crippen LogP contribution in [0.25, 0.3) is 65.3 Å². The fourth-order valence-electron chi connectivity index (χ4n) is 6.40. The number of hydrogen-bond acceptors (Lipinski definition) is 0. The minimum atomic E-state index is 0. The van der Waals surface area contributed by atoms with Crippen molar-refractivity contribution >= 4 is 74.8 Å². The molecule has 0 aliphatic rings. The van der Waals surface area contributed by atoms with Gasteiger partial charge in [-0.25, -0.2) is 0 Å². The molecule has 256 valence electrons. The number of benzene rings is 6. The molecule has 8 rings (SSSR count). The van der Waals surface area contributed by atoms with E-state index in [0.717, 1.165) is 0 Å². The van der Waals surface area contributed by atoms with Crippen LogP contribution in [0.3, 0.4) is 0 Å². The van der Waals surface area contributed by atoms with Gasteiger partial charge in [-0.05, 0) is 56.6 Å². The molecule has 0 aliphatic heterocycles. The van der Waals surface area contributed by atoms with Gasteiger partial charge in [-0.3, -0.25) is 0 Å². The number of rotatable bonds is 4. The van der Waals surface area contributed by atoms with Crippen molar-refractivity contribution in [1.82, 2.24) is 0 Å². The molecule has 0 fully saturated rings. The number of fused-ring (bicyclic) bond motifs is 4. The second kappa shape index (κ2) is 19.4. The molecule has 0 atom stereocenters. The summed E-state index contributed by atoms with van der Waals surface area (Å²) in [5.41, 5.74) is 8.09. The van der Waals surface area contributed by atoms with E-state index in [4.69, 9.17) is 0 Å². The molecular formula is C46H46Cl2SiZr-4. The van der Waals surface area contributed by atoms with Crippen LogP contribution in [0, 0.1) is 14.9 Å². The fraction of sp³-hybridized carbons (Fsp3) is 0.130. The van der Waals surface area contributed by atoms with Crippen molar-refractivity contribution < 1.29 is 23.3 Å². The van der Waals surface area contributed by atoms with Gasteiger partial charge >= 0.3 is 30.2 Å². The number of halogens is 2. The Labute approximate surface area is 329 Å². The van der Waals surface area contributed by atoms with Crippen LogP contribution in [0.1, 0.15) is 50.7 Å². The summed E-state index contributed by atoms with van der Waals surface area (Å²) in [7, 11) is 0. The quantitative estimate of drug-likeness (QED) is 0.123. The maximum absolute atomic E-state index is 3.06. The molecule has 0 aliphatic carbocycles. The van der Waals surface area contributed by atoms with Crippen LogP contribution in [0.4, 0.5) is 0 Å². The summed E-state index contributed by atoms with van der Waals surface area (Å²) in [6, 6.07) is 53.2. The van der Waals surface area contributed by atoms with E-state index < -0.39 is 0 Å². The summed E-state index contributed by atoms with van der Waals surface area (Å²) in [4.78, 5) is 0. The summed E-state index contributed by atoms with van der Waals surface area (Å²) in [6.45, 7) is 12.1. The molecule has 0 bridgehead atoms. The van der Waals surface area contributed by atoms with E-state index in [1.165, 1.54) is 99.8 Å². The van der Waals surface area contributed by atoms with Crippen molar-refractivity contribution in [3.8, 4) is 22.3 Å². The van der Waals surface area contributed by atoms with Crippen LogP contribution in [0.15, 0.2) is 146 Å². The predicted molar refractivity (Wildman–Crippen MR) is 226 cm³/mol. The standard InChI is InChI=1S/2C22H19.2CH3.2ClH.Si.Zr/c2*1-15(2)20-13-18-8-5-9-21(22(18)14-20)19-11-10-16-6-3-4-7-17(16)12-19;;;;;;/h2*3-15H,1-2H3;2*1H3;2*1H;;/q4*-1;;;;. The Kier molecular flexibility index (Phi) is 16.6. The fourth-order valence-corrected chi connectivity index (χ4v) is 6.40. The molecular weight excluding hydrogens is 743 g/mol. The molecule has 0 saturated heterocycles. The van der Waals surface area contributed by atoms with E-state index >= 15 is 0 Å². The Bertz CT molecular complexity index is 2110. The molecule has 0 aromatic heterocycles.